The summed E-state index contributed by atoms with van der Waals surface area (Å²) in [6.07, 6.45) is 3.97. The number of likely N-dealkylation sites (tertiary alicyclic amines) is 1. The molecule has 2 aromatic carbocycles. The molecule has 0 spiro atoms. The average Bonchev–Trinajstić information content (AvgIpc) is 2.91. The average molecular weight is 594 g/mol. The summed E-state index contributed by atoms with van der Waals surface area (Å²) in [6, 6.07) is 11.2. The molecule has 3 aromatic rings. The standard InChI is InChI=1S/C33H47N5O3S/c1-21(2)41-29-19-26(25-14-16-38(17-15-25)33(7,8)9)23(5)18-28(29)36-32-34-20-24(6)31(37-32)35-27-12-10-11-13-30(27)42(39,40)22(3)4/h10-13,18-22,25H,14-17H2,1-9H3,(H2,34,35,36,37). The lowest BCUT2D eigenvalue weighted by molar-refractivity contribution is 0.102. The first-order valence-corrected chi connectivity index (χ1v) is 16.5. The SMILES string of the molecule is Cc1cc(Nc2ncc(C)c(Nc3ccccc3S(=O)(=O)C(C)C)n2)c(OC(C)C)cc1C1CCN(C(C)(C)C)CC1. The third kappa shape index (κ3) is 7.24. The third-order valence-corrected chi connectivity index (χ3v) is 10.1. The lowest BCUT2D eigenvalue weighted by atomic mass is 9.85. The molecule has 1 saturated heterocycles. The zero-order valence-corrected chi connectivity index (χ0v) is 27.4. The van der Waals surface area contributed by atoms with Crippen molar-refractivity contribution in [3.05, 3.63) is 59.3 Å². The van der Waals surface area contributed by atoms with Crippen molar-refractivity contribution in [2.75, 3.05) is 23.7 Å². The number of anilines is 4. The van der Waals surface area contributed by atoms with Crippen molar-refractivity contribution in [1.29, 1.82) is 0 Å². The number of hydrogen-bond donors (Lipinski definition) is 2. The quantitative estimate of drug-likeness (QED) is 0.263. The van der Waals surface area contributed by atoms with E-state index < -0.39 is 15.1 Å². The Labute approximate surface area is 252 Å². The van der Waals surface area contributed by atoms with Gasteiger partial charge >= 0.3 is 0 Å². The number of para-hydroxylation sites is 1. The number of piperidine rings is 1. The minimum atomic E-state index is -3.49. The smallest absolute Gasteiger partial charge is 0.229 e. The van der Waals surface area contributed by atoms with Crippen LogP contribution >= 0.6 is 0 Å². The number of aromatic nitrogens is 2. The number of nitrogens with one attached hydrogen (secondary N) is 2. The van der Waals surface area contributed by atoms with Gasteiger partial charge in [-0.15, -0.1) is 0 Å². The molecule has 1 aliphatic heterocycles. The molecule has 9 heteroatoms. The van der Waals surface area contributed by atoms with Crippen molar-refractivity contribution in [3.8, 4) is 5.75 Å². The van der Waals surface area contributed by atoms with Gasteiger partial charge in [-0.2, -0.15) is 4.98 Å². The van der Waals surface area contributed by atoms with Crippen LogP contribution in [0.1, 0.15) is 83.9 Å². The molecule has 8 nitrogen and oxygen atoms in total. The second-order valence-corrected chi connectivity index (χ2v) is 15.3. The van der Waals surface area contributed by atoms with Crippen LogP contribution in [0.3, 0.4) is 0 Å². The first kappa shape index (κ1) is 31.8. The molecule has 0 aliphatic carbocycles. The summed E-state index contributed by atoms with van der Waals surface area (Å²) in [7, 11) is -3.49. The highest BCUT2D eigenvalue weighted by atomic mass is 32.2. The topological polar surface area (TPSA) is 96.5 Å². The van der Waals surface area contributed by atoms with Gasteiger partial charge in [0.15, 0.2) is 9.84 Å². The molecule has 0 atom stereocenters. The zero-order chi connectivity index (χ0) is 30.8. The Hall–Kier alpha value is -3.17. The molecule has 2 heterocycles. The normalized spacial score (nSPS) is 15.3. The Morgan fingerprint density at radius 2 is 1.62 bits per heavy atom. The Morgan fingerprint density at radius 1 is 0.952 bits per heavy atom. The molecule has 4 rings (SSSR count). The van der Waals surface area contributed by atoms with Crippen molar-refractivity contribution in [2.45, 2.75) is 103 Å². The van der Waals surface area contributed by atoms with Gasteiger partial charge < -0.3 is 15.4 Å². The van der Waals surface area contributed by atoms with Crippen molar-refractivity contribution in [2.24, 2.45) is 0 Å². The Kier molecular flexibility index (Phi) is 9.52. The van der Waals surface area contributed by atoms with E-state index in [9.17, 15) is 8.42 Å². The molecule has 0 radical (unpaired) electrons. The second kappa shape index (κ2) is 12.6. The summed E-state index contributed by atoms with van der Waals surface area (Å²) in [5, 5.41) is 6.08. The predicted octanol–water partition coefficient (Wildman–Crippen LogP) is 7.53. The van der Waals surface area contributed by atoms with E-state index in [-0.39, 0.29) is 16.5 Å². The highest BCUT2D eigenvalue weighted by Gasteiger charge is 2.29. The Bertz CT molecular complexity index is 1500. The Morgan fingerprint density at radius 3 is 2.24 bits per heavy atom. The van der Waals surface area contributed by atoms with Crippen LogP contribution < -0.4 is 15.4 Å². The molecule has 0 amide bonds. The number of sulfone groups is 1. The first-order chi connectivity index (χ1) is 19.7. The van der Waals surface area contributed by atoms with Crippen LogP contribution in [-0.2, 0) is 9.84 Å². The predicted molar refractivity (Wildman–Crippen MR) is 172 cm³/mol. The zero-order valence-electron chi connectivity index (χ0n) is 26.6. The molecule has 1 aromatic heterocycles. The van der Waals surface area contributed by atoms with Gasteiger partial charge in [-0.05, 0) is 130 Å². The van der Waals surface area contributed by atoms with Crippen molar-refractivity contribution in [3.63, 3.8) is 0 Å². The minimum absolute atomic E-state index is 0.000541. The van der Waals surface area contributed by atoms with E-state index >= 15 is 0 Å². The van der Waals surface area contributed by atoms with E-state index in [2.05, 4.69) is 60.3 Å². The van der Waals surface area contributed by atoms with Gasteiger partial charge in [0.1, 0.15) is 11.6 Å². The fraction of sp³-hybridized carbons (Fsp3) is 0.515. The van der Waals surface area contributed by atoms with E-state index in [1.807, 2.05) is 26.8 Å². The summed E-state index contributed by atoms with van der Waals surface area (Å²) in [4.78, 5) is 12.1. The summed E-state index contributed by atoms with van der Waals surface area (Å²) >= 11 is 0. The molecule has 42 heavy (non-hydrogen) atoms. The monoisotopic (exact) mass is 593 g/mol. The third-order valence-electron chi connectivity index (χ3n) is 7.90. The van der Waals surface area contributed by atoms with Crippen LogP contribution in [-0.4, -0.2) is 53.3 Å². The Balaban J connectivity index is 1.62. The molecule has 228 valence electrons. The van der Waals surface area contributed by atoms with Gasteiger partial charge in [0.2, 0.25) is 5.95 Å². The van der Waals surface area contributed by atoms with E-state index in [0.717, 1.165) is 42.9 Å². The number of ether oxygens (including phenoxy) is 1. The summed E-state index contributed by atoms with van der Waals surface area (Å²) in [5.74, 6) is 2.19. The van der Waals surface area contributed by atoms with Crippen LogP contribution in [0.15, 0.2) is 47.5 Å². The number of nitrogens with zero attached hydrogens (tertiary/aromatic N) is 3. The van der Waals surface area contributed by atoms with E-state index in [1.165, 1.54) is 11.1 Å². The van der Waals surface area contributed by atoms with E-state index in [4.69, 9.17) is 9.72 Å². The lowest BCUT2D eigenvalue weighted by Crippen LogP contribution is -2.45. The molecular weight excluding hydrogens is 546 g/mol. The molecule has 0 saturated carbocycles. The van der Waals surface area contributed by atoms with Crippen LogP contribution in [0.2, 0.25) is 0 Å². The maximum Gasteiger partial charge on any atom is 0.229 e. The molecule has 1 aliphatic rings. The van der Waals surface area contributed by atoms with E-state index in [1.54, 1.807) is 38.2 Å². The lowest BCUT2D eigenvalue weighted by Gasteiger charge is -2.41. The van der Waals surface area contributed by atoms with Crippen molar-refractivity contribution < 1.29 is 13.2 Å². The molecule has 0 bridgehead atoms. The van der Waals surface area contributed by atoms with Gasteiger partial charge in [0.05, 0.1) is 27.6 Å². The van der Waals surface area contributed by atoms with Gasteiger partial charge in [-0.3, -0.25) is 4.90 Å². The fourth-order valence-corrected chi connectivity index (χ4v) is 6.60. The first-order valence-electron chi connectivity index (χ1n) is 14.9. The number of hydrogen-bond acceptors (Lipinski definition) is 8. The van der Waals surface area contributed by atoms with Crippen molar-refractivity contribution in [1.82, 2.24) is 14.9 Å². The van der Waals surface area contributed by atoms with Crippen molar-refractivity contribution >= 4 is 33.0 Å². The molecule has 0 unspecified atom stereocenters. The maximum atomic E-state index is 13.0. The van der Waals surface area contributed by atoms with Crippen LogP contribution in [0.25, 0.3) is 0 Å². The molecular formula is C33H47N5O3S. The number of aryl methyl sites for hydroxylation is 2. The fourth-order valence-electron chi connectivity index (χ4n) is 5.40. The van der Waals surface area contributed by atoms with E-state index in [0.29, 0.717) is 23.4 Å². The highest BCUT2D eigenvalue weighted by Crippen LogP contribution is 2.39. The van der Waals surface area contributed by atoms with Crippen LogP contribution in [0, 0.1) is 13.8 Å². The summed E-state index contributed by atoms with van der Waals surface area (Å²) < 4.78 is 32.3. The van der Waals surface area contributed by atoms with Crippen LogP contribution in [0.4, 0.5) is 23.1 Å². The highest BCUT2D eigenvalue weighted by molar-refractivity contribution is 7.92. The van der Waals surface area contributed by atoms with Crippen LogP contribution in [0.5, 0.6) is 5.75 Å². The largest absolute Gasteiger partial charge is 0.489 e. The number of benzene rings is 2. The van der Waals surface area contributed by atoms with Gasteiger partial charge in [-0.1, -0.05) is 12.1 Å². The summed E-state index contributed by atoms with van der Waals surface area (Å²) in [6.45, 7) is 20.5. The number of rotatable bonds is 9. The van der Waals surface area contributed by atoms with Gasteiger partial charge in [0, 0.05) is 17.3 Å². The molecule has 1 fully saturated rings. The van der Waals surface area contributed by atoms with Gasteiger partial charge in [-0.25, -0.2) is 13.4 Å². The molecule has 2 N–H and O–H groups in total. The second-order valence-electron chi connectivity index (χ2n) is 12.9. The van der Waals surface area contributed by atoms with Gasteiger partial charge in [0.25, 0.3) is 0 Å². The summed E-state index contributed by atoms with van der Waals surface area (Å²) in [5.41, 5.74) is 4.81. The maximum absolute atomic E-state index is 13.0. The minimum Gasteiger partial charge on any atom is -0.489 e.